The van der Waals surface area contributed by atoms with E-state index in [9.17, 15) is 0 Å². The van der Waals surface area contributed by atoms with Gasteiger partial charge in [0.15, 0.2) is 0 Å². The Bertz CT molecular complexity index is 536. The summed E-state index contributed by atoms with van der Waals surface area (Å²) < 4.78 is 6.71. The van der Waals surface area contributed by atoms with Crippen LogP contribution in [-0.2, 0) is 6.54 Å². The fraction of sp³-hybridized carbons (Fsp3) is 0.214. The summed E-state index contributed by atoms with van der Waals surface area (Å²) in [6, 6.07) is 11.8. The average molecular weight is 339 g/mol. The van der Waals surface area contributed by atoms with Crippen molar-refractivity contribution >= 4 is 27.7 Å². The highest BCUT2D eigenvalue weighted by atomic mass is 79.9. The molecular formula is C14H15BrN2OS. The van der Waals surface area contributed by atoms with E-state index in [2.05, 4.69) is 20.9 Å². The largest absolute Gasteiger partial charge is 0.493 e. The molecule has 0 bridgehead atoms. The second-order valence-corrected chi connectivity index (χ2v) is 5.78. The van der Waals surface area contributed by atoms with Gasteiger partial charge < -0.3 is 10.5 Å². The normalized spacial score (nSPS) is 10.4. The molecule has 0 aliphatic carbocycles. The number of pyridine rings is 1. The molecule has 0 fully saturated rings. The van der Waals surface area contributed by atoms with Crippen LogP contribution >= 0.6 is 27.7 Å². The van der Waals surface area contributed by atoms with Crippen LogP contribution in [0.3, 0.4) is 0 Å². The quantitative estimate of drug-likeness (QED) is 0.647. The van der Waals surface area contributed by atoms with Crippen molar-refractivity contribution in [1.82, 2.24) is 4.98 Å². The van der Waals surface area contributed by atoms with Gasteiger partial charge in [0.2, 0.25) is 0 Å². The van der Waals surface area contributed by atoms with Crippen molar-refractivity contribution < 1.29 is 4.74 Å². The number of hydrogen-bond acceptors (Lipinski definition) is 4. The molecule has 1 heterocycles. The summed E-state index contributed by atoms with van der Waals surface area (Å²) in [5.41, 5.74) is 6.67. The number of rotatable bonds is 6. The van der Waals surface area contributed by atoms with Crippen molar-refractivity contribution in [3.63, 3.8) is 0 Å². The Hall–Kier alpha value is -1.04. The first kappa shape index (κ1) is 14.4. The van der Waals surface area contributed by atoms with Gasteiger partial charge in [-0.3, -0.25) is 0 Å². The summed E-state index contributed by atoms with van der Waals surface area (Å²) in [6.07, 6.45) is 1.79. The van der Waals surface area contributed by atoms with E-state index in [0.29, 0.717) is 13.2 Å². The van der Waals surface area contributed by atoms with Crippen LogP contribution in [0.4, 0.5) is 0 Å². The van der Waals surface area contributed by atoms with E-state index in [1.807, 2.05) is 36.4 Å². The number of ether oxygens (including phenoxy) is 1. The third-order valence-electron chi connectivity index (χ3n) is 2.45. The second kappa shape index (κ2) is 7.53. The van der Waals surface area contributed by atoms with Crippen LogP contribution in [-0.4, -0.2) is 17.3 Å². The standard InChI is InChI=1S/C14H15BrN2OS/c15-13-5-2-6-17-14(13)19-8-7-18-12-4-1-3-11(9-12)10-16/h1-6,9H,7-8,10,16H2. The van der Waals surface area contributed by atoms with E-state index in [1.165, 1.54) is 0 Å². The Labute approximate surface area is 125 Å². The predicted molar refractivity (Wildman–Crippen MR) is 82.5 cm³/mol. The first-order valence-electron chi connectivity index (χ1n) is 5.94. The molecule has 0 unspecified atom stereocenters. The van der Waals surface area contributed by atoms with Gasteiger partial charge in [-0.15, -0.1) is 11.8 Å². The van der Waals surface area contributed by atoms with Crippen molar-refractivity contribution in [2.75, 3.05) is 12.4 Å². The molecule has 0 radical (unpaired) electrons. The lowest BCUT2D eigenvalue weighted by atomic mass is 10.2. The van der Waals surface area contributed by atoms with E-state index >= 15 is 0 Å². The van der Waals surface area contributed by atoms with Crippen LogP contribution in [0.1, 0.15) is 5.56 Å². The molecular weight excluding hydrogens is 324 g/mol. The van der Waals surface area contributed by atoms with E-state index in [4.69, 9.17) is 10.5 Å². The van der Waals surface area contributed by atoms with Gasteiger partial charge in [0.05, 0.1) is 6.61 Å². The first-order valence-corrected chi connectivity index (χ1v) is 7.72. The van der Waals surface area contributed by atoms with Gasteiger partial charge in [0, 0.05) is 23.0 Å². The molecule has 1 aromatic heterocycles. The molecule has 0 saturated heterocycles. The minimum atomic E-state index is 0.535. The molecule has 0 saturated carbocycles. The number of nitrogens with zero attached hydrogens (tertiary/aromatic N) is 1. The van der Waals surface area contributed by atoms with Crippen molar-refractivity contribution in [2.24, 2.45) is 5.73 Å². The topological polar surface area (TPSA) is 48.1 Å². The SMILES string of the molecule is NCc1cccc(OCCSc2ncccc2Br)c1. The number of halogens is 1. The Morgan fingerprint density at radius 1 is 1.26 bits per heavy atom. The monoisotopic (exact) mass is 338 g/mol. The highest BCUT2D eigenvalue weighted by Crippen LogP contribution is 2.24. The third-order valence-corrected chi connectivity index (χ3v) is 4.32. The molecule has 2 aromatic rings. The highest BCUT2D eigenvalue weighted by Gasteiger charge is 2.01. The molecule has 19 heavy (non-hydrogen) atoms. The van der Waals surface area contributed by atoms with E-state index < -0.39 is 0 Å². The maximum Gasteiger partial charge on any atom is 0.119 e. The lowest BCUT2D eigenvalue weighted by Gasteiger charge is -2.07. The summed E-state index contributed by atoms with van der Waals surface area (Å²) in [7, 11) is 0. The molecule has 0 atom stereocenters. The number of thioether (sulfide) groups is 1. The van der Waals surface area contributed by atoms with Gasteiger partial charge in [-0.2, -0.15) is 0 Å². The lowest BCUT2D eigenvalue weighted by molar-refractivity contribution is 0.343. The molecule has 1 aromatic carbocycles. The van der Waals surface area contributed by atoms with E-state index in [-0.39, 0.29) is 0 Å². The number of aromatic nitrogens is 1. The van der Waals surface area contributed by atoms with Gasteiger partial charge in [-0.05, 0) is 45.8 Å². The Morgan fingerprint density at radius 3 is 2.95 bits per heavy atom. The van der Waals surface area contributed by atoms with Crippen molar-refractivity contribution in [3.8, 4) is 5.75 Å². The minimum absolute atomic E-state index is 0.535. The number of hydrogen-bond donors (Lipinski definition) is 1. The zero-order chi connectivity index (χ0) is 13.5. The van der Waals surface area contributed by atoms with Crippen molar-refractivity contribution in [3.05, 3.63) is 52.6 Å². The van der Waals surface area contributed by atoms with Gasteiger partial charge in [-0.25, -0.2) is 4.98 Å². The smallest absolute Gasteiger partial charge is 0.119 e. The van der Waals surface area contributed by atoms with Gasteiger partial charge in [0.1, 0.15) is 10.8 Å². The van der Waals surface area contributed by atoms with Crippen molar-refractivity contribution in [2.45, 2.75) is 11.6 Å². The molecule has 5 heteroatoms. The molecule has 3 nitrogen and oxygen atoms in total. The fourth-order valence-electron chi connectivity index (χ4n) is 1.54. The third kappa shape index (κ3) is 4.53. The molecule has 0 aliphatic heterocycles. The van der Waals surface area contributed by atoms with Crippen LogP contribution in [0, 0.1) is 0 Å². The summed E-state index contributed by atoms with van der Waals surface area (Å²) in [5.74, 6) is 1.71. The van der Waals surface area contributed by atoms with Crippen LogP contribution in [0.25, 0.3) is 0 Å². The van der Waals surface area contributed by atoms with Gasteiger partial charge in [0.25, 0.3) is 0 Å². The lowest BCUT2D eigenvalue weighted by Crippen LogP contribution is -2.02. The maximum absolute atomic E-state index is 5.69. The van der Waals surface area contributed by atoms with Crippen LogP contribution in [0.15, 0.2) is 52.1 Å². The Morgan fingerprint density at radius 2 is 2.16 bits per heavy atom. The average Bonchev–Trinajstić information content (AvgIpc) is 2.45. The summed E-state index contributed by atoms with van der Waals surface area (Å²) >= 11 is 5.14. The maximum atomic E-state index is 5.69. The van der Waals surface area contributed by atoms with Gasteiger partial charge >= 0.3 is 0 Å². The zero-order valence-electron chi connectivity index (χ0n) is 10.4. The summed E-state index contributed by atoms with van der Waals surface area (Å²) in [5, 5.41) is 0.988. The molecule has 0 aliphatic rings. The minimum Gasteiger partial charge on any atom is -0.493 e. The Balaban J connectivity index is 1.79. The van der Waals surface area contributed by atoms with Crippen LogP contribution < -0.4 is 10.5 Å². The molecule has 100 valence electrons. The summed E-state index contributed by atoms with van der Waals surface area (Å²) in [6.45, 7) is 1.18. The molecule has 0 spiro atoms. The molecule has 0 amide bonds. The second-order valence-electron chi connectivity index (χ2n) is 3.84. The highest BCUT2D eigenvalue weighted by molar-refractivity contribution is 9.10. The Kier molecular flexibility index (Phi) is 5.69. The molecule has 2 N–H and O–H groups in total. The predicted octanol–water partition coefficient (Wildman–Crippen LogP) is 3.47. The zero-order valence-corrected chi connectivity index (χ0v) is 12.8. The summed E-state index contributed by atoms with van der Waals surface area (Å²) in [4.78, 5) is 4.29. The van der Waals surface area contributed by atoms with Crippen molar-refractivity contribution in [1.29, 1.82) is 0 Å². The van der Waals surface area contributed by atoms with E-state index in [0.717, 1.165) is 26.6 Å². The number of benzene rings is 1. The number of nitrogens with two attached hydrogens (primary N) is 1. The van der Waals surface area contributed by atoms with Gasteiger partial charge in [-0.1, -0.05) is 12.1 Å². The fourth-order valence-corrected chi connectivity index (χ4v) is 2.84. The molecule has 2 rings (SSSR count). The van der Waals surface area contributed by atoms with Crippen LogP contribution in [0.2, 0.25) is 0 Å². The van der Waals surface area contributed by atoms with Crippen LogP contribution in [0.5, 0.6) is 5.75 Å². The van der Waals surface area contributed by atoms with E-state index in [1.54, 1.807) is 18.0 Å². The first-order chi connectivity index (χ1) is 9.29.